The van der Waals surface area contributed by atoms with Crippen LogP contribution >= 0.6 is 12.4 Å². The summed E-state index contributed by atoms with van der Waals surface area (Å²) in [5.74, 6) is 0.772. The van der Waals surface area contributed by atoms with Crippen molar-refractivity contribution in [2.45, 2.75) is 29.9 Å². The zero-order valence-corrected chi connectivity index (χ0v) is 16.9. The molecule has 8 heteroatoms. The van der Waals surface area contributed by atoms with E-state index in [1.165, 1.54) is 6.26 Å². The Kier molecular flexibility index (Phi) is 6.58. The number of ether oxygens (including phenoxy) is 1. The summed E-state index contributed by atoms with van der Waals surface area (Å²) in [6.45, 7) is 2.25. The minimum atomic E-state index is -3.48. The Morgan fingerprint density at radius 2 is 1.92 bits per heavy atom. The van der Waals surface area contributed by atoms with Crippen LogP contribution in [0.25, 0.3) is 0 Å². The molecule has 3 rings (SSSR count). The third-order valence-electron chi connectivity index (χ3n) is 5.56. The number of hydrogen-bond donors (Lipinski definition) is 1. The van der Waals surface area contributed by atoms with Gasteiger partial charge < -0.3 is 15.0 Å². The van der Waals surface area contributed by atoms with Crippen molar-refractivity contribution in [3.8, 4) is 5.75 Å². The van der Waals surface area contributed by atoms with E-state index in [9.17, 15) is 13.2 Å². The molecule has 1 atom stereocenters. The van der Waals surface area contributed by atoms with Crippen LogP contribution in [0.1, 0.15) is 30.7 Å². The number of carbonyl (C=O) groups excluding carboxylic acids is 1. The van der Waals surface area contributed by atoms with Crippen LogP contribution in [-0.2, 0) is 14.6 Å². The molecule has 6 nitrogen and oxygen atoms in total. The van der Waals surface area contributed by atoms with E-state index in [0.29, 0.717) is 39.0 Å². The van der Waals surface area contributed by atoms with Gasteiger partial charge in [0.25, 0.3) is 0 Å². The van der Waals surface area contributed by atoms with Crippen LogP contribution in [0.4, 0.5) is 0 Å². The number of sulfone groups is 1. The van der Waals surface area contributed by atoms with Gasteiger partial charge in [-0.1, -0.05) is 18.2 Å². The molecule has 2 saturated heterocycles. The highest BCUT2D eigenvalue weighted by atomic mass is 35.5. The third-order valence-corrected chi connectivity index (χ3v) is 7.57. The molecule has 2 aliphatic rings. The molecule has 0 spiro atoms. The second-order valence-electron chi connectivity index (χ2n) is 7.00. The molecule has 0 saturated carbocycles. The fourth-order valence-electron chi connectivity index (χ4n) is 4.06. The number of rotatable bonds is 4. The summed E-state index contributed by atoms with van der Waals surface area (Å²) in [6.07, 6.45) is 2.72. The lowest BCUT2D eigenvalue weighted by atomic mass is 9.95. The molecule has 2 heterocycles. The number of methoxy groups -OCH3 is 1. The van der Waals surface area contributed by atoms with Crippen molar-refractivity contribution in [2.75, 3.05) is 39.5 Å². The van der Waals surface area contributed by atoms with Crippen LogP contribution in [0.3, 0.4) is 0 Å². The highest BCUT2D eigenvalue weighted by molar-refractivity contribution is 7.92. The van der Waals surface area contributed by atoms with Gasteiger partial charge in [0.2, 0.25) is 5.91 Å². The van der Waals surface area contributed by atoms with Crippen LogP contribution in [-0.4, -0.2) is 63.5 Å². The van der Waals surface area contributed by atoms with E-state index >= 15 is 0 Å². The fraction of sp³-hybridized carbons (Fsp3) is 0.611. The third kappa shape index (κ3) is 3.70. The smallest absolute Gasteiger partial charge is 0.244 e. The van der Waals surface area contributed by atoms with Crippen LogP contribution in [0.2, 0.25) is 0 Å². The maximum absolute atomic E-state index is 13.2. The second kappa shape index (κ2) is 8.15. The molecule has 1 aromatic rings. The molecular formula is C18H27ClN2O4S. The minimum Gasteiger partial charge on any atom is -0.496 e. The summed E-state index contributed by atoms with van der Waals surface area (Å²) >= 11 is 0. The Labute approximate surface area is 161 Å². The molecule has 0 bridgehead atoms. The molecule has 0 aliphatic carbocycles. The van der Waals surface area contributed by atoms with E-state index in [0.717, 1.165) is 17.7 Å². The van der Waals surface area contributed by atoms with Crippen molar-refractivity contribution in [1.29, 1.82) is 0 Å². The molecule has 0 radical (unpaired) electrons. The Morgan fingerprint density at radius 1 is 1.27 bits per heavy atom. The molecule has 1 aromatic carbocycles. The van der Waals surface area contributed by atoms with Gasteiger partial charge in [0.15, 0.2) is 14.6 Å². The van der Waals surface area contributed by atoms with Crippen molar-refractivity contribution in [3.63, 3.8) is 0 Å². The number of carbonyl (C=O) groups is 1. The first-order chi connectivity index (χ1) is 11.9. The number of amides is 1. The van der Waals surface area contributed by atoms with Crippen molar-refractivity contribution >= 4 is 28.2 Å². The topological polar surface area (TPSA) is 75.7 Å². The van der Waals surface area contributed by atoms with Crippen LogP contribution in [0, 0.1) is 0 Å². The summed E-state index contributed by atoms with van der Waals surface area (Å²) in [4.78, 5) is 14.9. The van der Waals surface area contributed by atoms with Crippen LogP contribution in [0.15, 0.2) is 24.3 Å². The number of nitrogens with one attached hydrogen (secondary N) is 1. The predicted octanol–water partition coefficient (Wildman–Crippen LogP) is 1.60. The average molecular weight is 403 g/mol. The minimum absolute atomic E-state index is 0. The normalized spacial score (nSPS) is 22.5. The van der Waals surface area contributed by atoms with Crippen molar-refractivity contribution in [2.24, 2.45) is 0 Å². The van der Waals surface area contributed by atoms with Gasteiger partial charge in [-0.15, -0.1) is 12.4 Å². The zero-order chi connectivity index (χ0) is 18.1. The number of benzene rings is 1. The number of piperidine rings is 1. The molecule has 1 unspecified atom stereocenters. The van der Waals surface area contributed by atoms with E-state index in [-0.39, 0.29) is 24.2 Å². The van der Waals surface area contributed by atoms with Gasteiger partial charge in [-0.2, -0.15) is 0 Å². The van der Waals surface area contributed by atoms with Crippen molar-refractivity contribution in [1.82, 2.24) is 10.2 Å². The summed E-state index contributed by atoms with van der Waals surface area (Å²) in [5.41, 5.74) is 1.08. The molecule has 146 valence electrons. The molecular weight excluding hydrogens is 376 g/mol. The van der Waals surface area contributed by atoms with E-state index in [1.54, 1.807) is 12.0 Å². The average Bonchev–Trinajstić information content (AvgIpc) is 3.10. The first-order valence-corrected chi connectivity index (χ1v) is 10.6. The van der Waals surface area contributed by atoms with E-state index < -0.39 is 14.6 Å². The van der Waals surface area contributed by atoms with E-state index in [1.807, 2.05) is 24.3 Å². The summed E-state index contributed by atoms with van der Waals surface area (Å²) in [7, 11) is -1.83. The van der Waals surface area contributed by atoms with Crippen LogP contribution < -0.4 is 10.1 Å². The maximum atomic E-state index is 13.2. The Balaban J connectivity index is 0.00000243. The van der Waals surface area contributed by atoms with Gasteiger partial charge >= 0.3 is 0 Å². The quantitative estimate of drug-likeness (QED) is 0.827. The van der Waals surface area contributed by atoms with Gasteiger partial charge in [0.1, 0.15) is 5.75 Å². The van der Waals surface area contributed by atoms with Gasteiger partial charge in [0, 0.05) is 25.3 Å². The molecule has 1 N–H and O–H groups in total. The molecule has 26 heavy (non-hydrogen) atoms. The predicted molar refractivity (Wildman–Crippen MR) is 104 cm³/mol. The lowest BCUT2D eigenvalue weighted by Crippen LogP contribution is -2.57. The Hall–Kier alpha value is -1.31. The van der Waals surface area contributed by atoms with Gasteiger partial charge in [-0.25, -0.2) is 8.42 Å². The first-order valence-electron chi connectivity index (χ1n) is 8.72. The fourth-order valence-corrected chi connectivity index (χ4v) is 5.46. The number of para-hydroxylation sites is 1. The van der Waals surface area contributed by atoms with Crippen molar-refractivity contribution in [3.05, 3.63) is 29.8 Å². The van der Waals surface area contributed by atoms with Gasteiger partial charge in [-0.3, -0.25) is 4.79 Å². The lowest BCUT2D eigenvalue weighted by Gasteiger charge is -2.37. The molecule has 2 fully saturated rings. The first kappa shape index (κ1) is 21.0. The van der Waals surface area contributed by atoms with Gasteiger partial charge in [0.05, 0.1) is 7.11 Å². The summed E-state index contributed by atoms with van der Waals surface area (Å²) in [6, 6.07) is 7.83. The second-order valence-corrected chi connectivity index (χ2v) is 9.32. The number of nitrogens with zero attached hydrogens (tertiary/aromatic N) is 1. The monoisotopic (exact) mass is 402 g/mol. The molecule has 2 aliphatic heterocycles. The molecule has 0 aromatic heterocycles. The standard InChI is InChI=1S/C18H26N2O4S.ClH/c1-24-16-6-4-3-5-15(16)14-7-12-20(13-14)17(21)18(25(2,22)23)8-10-19-11-9-18;/h3-6,14,19H,7-13H2,1-2H3;1H. The Bertz CT molecular complexity index is 747. The largest absolute Gasteiger partial charge is 0.496 e. The van der Waals surface area contributed by atoms with Crippen molar-refractivity contribution < 1.29 is 17.9 Å². The molecule has 1 amide bonds. The highest BCUT2D eigenvalue weighted by Crippen LogP contribution is 2.37. The van der Waals surface area contributed by atoms with E-state index in [4.69, 9.17) is 4.74 Å². The van der Waals surface area contributed by atoms with Gasteiger partial charge in [-0.05, 0) is 44.0 Å². The zero-order valence-electron chi connectivity index (χ0n) is 15.2. The maximum Gasteiger partial charge on any atom is 0.244 e. The Morgan fingerprint density at radius 3 is 2.54 bits per heavy atom. The van der Waals surface area contributed by atoms with E-state index in [2.05, 4.69) is 5.32 Å². The van der Waals surface area contributed by atoms with Crippen LogP contribution in [0.5, 0.6) is 5.75 Å². The SMILES string of the molecule is COc1ccccc1C1CCN(C(=O)C2(S(C)(=O)=O)CCNCC2)C1.Cl. The summed E-state index contributed by atoms with van der Waals surface area (Å²) < 4.78 is 29.1. The summed E-state index contributed by atoms with van der Waals surface area (Å²) in [5, 5.41) is 3.16. The number of likely N-dealkylation sites (tertiary alicyclic amines) is 1. The highest BCUT2D eigenvalue weighted by Gasteiger charge is 2.51. The lowest BCUT2D eigenvalue weighted by molar-refractivity contribution is -0.133. The number of hydrogen-bond acceptors (Lipinski definition) is 5. The number of halogens is 1.